The zero-order chi connectivity index (χ0) is 17.9. The molecule has 4 rings (SSSR count). The van der Waals surface area contributed by atoms with Crippen LogP contribution in [0.15, 0.2) is 60.5 Å². The topological polar surface area (TPSA) is 64.9 Å². The molecular formula is C19H18ClN5OS. The summed E-state index contributed by atoms with van der Waals surface area (Å²) in [6, 6.07) is 12.0. The fraction of sp³-hybridized carbons (Fsp3) is 0.105. The molecule has 0 fully saturated rings. The fourth-order valence-corrected chi connectivity index (χ4v) is 3.51. The van der Waals surface area contributed by atoms with Gasteiger partial charge in [-0.05, 0) is 35.7 Å². The summed E-state index contributed by atoms with van der Waals surface area (Å²) in [6.45, 7) is 0. The molecule has 0 saturated carbocycles. The Labute approximate surface area is 167 Å². The van der Waals surface area contributed by atoms with Gasteiger partial charge in [0.2, 0.25) is 5.95 Å². The molecule has 0 bridgehead atoms. The highest BCUT2D eigenvalue weighted by Gasteiger charge is 2.18. The van der Waals surface area contributed by atoms with Gasteiger partial charge in [0, 0.05) is 29.9 Å². The standard InChI is InChI=1S/C19H17N5OS.ClH/c1-20-18-16(15-4-3-11-26-15)17(13-5-7-14(25-2)8-6-13)22-19(23-18)24-10-9-21-12-24;/h3-12H,1-2H3,(H,20,22,23);1H. The molecule has 3 heterocycles. The van der Waals surface area contributed by atoms with E-state index in [1.165, 1.54) is 0 Å². The van der Waals surface area contributed by atoms with Crippen LogP contribution in [0.3, 0.4) is 0 Å². The van der Waals surface area contributed by atoms with Crippen LogP contribution in [-0.4, -0.2) is 33.7 Å². The van der Waals surface area contributed by atoms with Crippen molar-refractivity contribution in [1.29, 1.82) is 0 Å². The molecule has 0 unspecified atom stereocenters. The summed E-state index contributed by atoms with van der Waals surface area (Å²) in [5, 5.41) is 5.27. The first-order valence-corrected chi connectivity index (χ1v) is 8.94. The first kappa shape index (κ1) is 18.9. The smallest absolute Gasteiger partial charge is 0.237 e. The minimum Gasteiger partial charge on any atom is -0.497 e. The molecule has 4 aromatic rings. The monoisotopic (exact) mass is 399 g/mol. The van der Waals surface area contributed by atoms with E-state index in [0.29, 0.717) is 5.95 Å². The lowest BCUT2D eigenvalue weighted by molar-refractivity contribution is 0.415. The van der Waals surface area contributed by atoms with Crippen molar-refractivity contribution in [3.8, 4) is 33.4 Å². The predicted octanol–water partition coefficient (Wildman–Crippen LogP) is 4.53. The zero-order valence-electron chi connectivity index (χ0n) is 14.8. The summed E-state index contributed by atoms with van der Waals surface area (Å²) in [5.41, 5.74) is 2.84. The SMILES string of the molecule is CNc1nc(-n2ccnc2)nc(-c2ccc(OC)cc2)c1-c1cccs1.Cl. The molecule has 0 spiro atoms. The van der Waals surface area contributed by atoms with E-state index in [4.69, 9.17) is 14.7 Å². The molecule has 0 atom stereocenters. The lowest BCUT2D eigenvalue weighted by Gasteiger charge is -2.15. The van der Waals surface area contributed by atoms with Crippen molar-refractivity contribution >= 4 is 29.6 Å². The molecule has 1 aromatic carbocycles. The Morgan fingerprint density at radius 3 is 2.52 bits per heavy atom. The molecule has 0 radical (unpaired) electrons. The number of thiophene rings is 1. The number of imidazole rings is 1. The Hall–Kier alpha value is -2.90. The average Bonchev–Trinajstić information content (AvgIpc) is 3.41. The Bertz CT molecular complexity index is 1000. The summed E-state index contributed by atoms with van der Waals surface area (Å²) < 4.78 is 7.08. The van der Waals surface area contributed by atoms with Crippen LogP contribution in [0.25, 0.3) is 27.6 Å². The lowest BCUT2D eigenvalue weighted by Crippen LogP contribution is -2.06. The van der Waals surface area contributed by atoms with Gasteiger partial charge in [-0.3, -0.25) is 4.57 Å². The quantitative estimate of drug-likeness (QED) is 0.534. The number of nitrogens with one attached hydrogen (secondary N) is 1. The van der Waals surface area contributed by atoms with Crippen LogP contribution in [0.2, 0.25) is 0 Å². The highest BCUT2D eigenvalue weighted by Crippen LogP contribution is 2.38. The number of benzene rings is 1. The third-order valence-electron chi connectivity index (χ3n) is 4.00. The molecule has 0 saturated heterocycles. The van der Waals surface area contributed by atoms with Crippen LogP contribution in [0.5, 0.6) is 5.75 Å². The number of aromatic nitrogens is 4. The summed E-state index contributed by atoms with van der Waals surface area (Å²) in [6.07, 6.45) is 5.23. The van der Waals surface area contributed by atoms with Crippen LogP contribution in [0.4, 0.5) is 5.82 Å². The average molecular weight is 400 g/mol. The molecule has 0 aliphatic rings. The molecule has 27 heavy (non-hydrogen) atoms. The molecular weight excluding hydrogens is 382 g/mol. The normalized spacial score (nSPS) is 10.3. The predicted molar refractivity (Wildman–Crippen MR) is 111 cm³/mol. The van der Waals surface area contributed by atoms with Crippen molar-refractivity contribution < 1.29 is 4.74 Å². The van der Waals surface area contributed by atoms with Crippen molar-refractivity contribution in [3.05, 3.63) is 60.5 Å². The van der Waals surface area contributed by atoms with E-state index in [2.05, 4.69) is 21.7 Å². The third-order valence-corrected chi connectivity index (χ3v) is 4.89. The Kier molecular flexibility index (Phi) is 5.73. The number of rotatable bonds is 5. The van der Waals surface area contributed by atoms with Crippen molar-refractivity contribution in [1.82, 2.24) is 19.5 Å². The van der Waals surface area contributed by atoms with Crippen molar-refractivity contribution in [2.45, 2.75) is 0 Å². The second-order valence-electron chi connectivity index (χ2n) is 5.52. The summed E-state index contributed by atoms with van der Waals surface area (Å²) in [7, 11) is 3.53. The van der Waals surface area contributed by atoms with Gasteiger partial charge in [0.25, 0.3) is 0 Å². The number of anilines is 1. The van der Waals surface area contributed by atoms with E-state index in [9.17, 15) is 0 Å². The van der Waals surface area contributed by atoms with E-state index < -0.39 is 0 Å². The second-order valence-corrected chi connectivity index (χ2v) is 6.47. The van der Waals surface area contributed by atoms with Crippen molar-refractivity contribution in [2.75, 3.05) is 19.5 Å². The number of nitrogens with zero attached hydrogens (tertiary/aromatic N) is 4. The maximum atomic E-state index is 5.28. The van der Waals surface area contributed by atoms with Gasteiger partial charge in [-0.25, -0.2) is 9.97 Å². The first-order chi connectivity index (χ1) is 12.8. The van der Waals surface area contributed by atoms with Crippen LogP contribution in [-0.2, 0) is 0 Å². The first-order valence-electron chi connectivity index (χ1n) is 8.06. The molecule has 6 nitrogen and oxygen atoms in total. The summed E-state index contributed by atoms with van der Waals surface area (Å²) >= 11 is 1.66. The molecule has 1 N–H and O–H groups in total. The van der Waals surface area contributed by atoms with Gasteiger partial charge in [-0.1, -0.05) is 6.07 Å². The van der Waals surface area contributed by atoms with Crippen LogP contribution in [0.1, 0.15) is 0 Å². The molecule has 8 heteroatoms. The highest BCUT2D eigenvalue weighted by atomic mass is 35.5. The molecule has 0 aliphatic heterocycles. The number of methoxy groups -OCH3 is 1. The van der Waals surface area contributed by atoms with Gasteiger partial charge in [0.1, 0.15) is 17.9 Å². The van der Waals surface area contributed by atoms with Gasteiger partial charge >= 0.3 is 0 Å². The minimum atomic E-state index is 0. The number of hydrogen-bond acceptors (Lipinski definition) is 6. The number of halogens is 1. The van der Waals surface area contributed by atoms with E-state index in [1.807, 2.05) is 43.6 Å². The minimum absolute atomic E-state index is 0. The summed E-state index contributed by atoms with van der Waals surface area (Å²) in [5.74, 6) is 2.15. The van der Waals surface area contributed by atoms with Crippen LogP contribution in [0, 0.1) is 0 Å². The van der Waals surface area contributed by atoms with Crippen molar-refractivity contribution in [2.24, 2.45) is 0 Å². The van der Waals surface area contributed by atoms with Gasteiger partial charge in [0.15, 0.2) is 0 Å². The molecule has 0 aliphatic carbocycles. The molecule has 138 valence electrons. The highest BCUT2D eigenvalue weighted by molar-refractivity contribution is 7.13. The third kappa shape index (κ3) is 3.65. The van der Waals surface area contributed by atoms with E-state index in [-0.39, 0.29) is 12.4 Å². The molecule has 3 aromatic heterocycles. The van der Waals surface area contributed by atoms with Crippen LogP contribution < -0.4 is 10.1 Å². The Morgan fingerprint density at radius 2 is 1.93 bits per heavy atom. The summed E-state index contributed by atoms with van der Waals surface area (Å²) in [4.78, 5) is 14.7. The van der Waals surface area contributed by atoms with E-state index in [0.717, 1.165) is 33.3 Å². The van der Waals surface area contributed by atoms with Gasteiger partial charge < -0.3 is 10.1 Å². The lowest BCUT2D eigenvalue weighted by atomic mass is 10.0. The Morgan fingerprint density at radius 1 is 1.11 bits per heavy atom. The van der Waals surface area contributed by atoms with Crippen LogP contribution >= 0.6 is 23.7 Å². The van der Waals surface area contributed by atoms with Gasteiger partial charge in [0.05, 0.1) is 18.4 Å². The number of ether oxygens (including phenoxy) is 1. The van der Waals surface area contributed by atoms with E-state index in [1.54, 1.807) is 35.5 Å². The maximum absolute atomic E-state index is 5.28. The van der Waals surface area contributed by atoms with Crippen molar-refractivity contribution in [3.63, 3.8) is 0 Å². The largest absolute Gasteiger partial charge is 0.497 e. The second kappa shape index (κ2) is 8.20. The fourth-order valence-electron chi connectivity index (χ4n) is 2.73. The maximum Gasteiger partial charge on any atom is 0.237 e. The van der Waals surface area contributed by atoms with Gasteiger partial charge in [-0.2, -0.15) is 4.98 Å². The zero-order valence-corrected chi connectivity index (χ0v) is 16.4. The van der Waals surface area contributed by atoms with Gasteiger partial charge in [-0.15, -0.1) is 23.7 Å². The van der Waals surface area contributed by atoms with E-state index >= 15 is 0 Å². The molecule has 0 amide bonds. The number of hydrogen-bond donors (Lipinski definition) is 1. The Balaban J connectivity index is 0.00000210.